The van der Waals surface area contributed by atoms with Crippen molar-refractivity contribution in [2.45, 2.75) is 0 Å². The Kier molecular flexibility index (Phi) is 6.54. The number of anilines is 1. The molecule has 8 heteroatoms. The molecule has 29 heavy (non-hydrogen) atoms. The molecule has 0 aliphatic carbocycles. The predicted octanol–water partition coefficient (Wildman–Crippen LogP) is 2.35. The number of rotatable bonds is 6. The molecule has 7 nitrogen and oxygen atoms in total. The molecule has 1 saturated heterocycles. The minimum Gasteiger partial charge on any atom is -0.497 e. The van der Waals surface area contributed by atoms with Gasteiger partial charge in [-0.1, -0.05) is 12.1 Å². The molecule has 0 aromatic heterocycles. The Morgan fingerprint density at radius 2 is 1.59 bits per heavy atom. The highest BCUT2D eigenvalue weighted by Crippen LogP contribution is 2.23. The van der Waals surface area contributed by atoms with Gasteiger partial charge < -0.3 is 24.0 Å². The van der Waals surface area contributed by atoms with Crippen LogP contribution in [0.4, 0.5) is 10.1 Å². The Bertz CT molecular complexity index is 859. The molecule has 0 saturated carbocycles. The summed E-state index contributed by atoms with van der Waals surface area (Å²) in [5, 5.41) is 0. The molecule has 0 N–H and O–H groups in total. The van der Waals surface area contributed by atoms with E-state index in [1.807, 2.05) is 4.90 Å². The molecule has 1 amide bonds. The Morgan fingerprint density at radius 1 is 0.966 bits per heavy atom. The Hall–Kier alpha value is -3.29. The van der Waals surface area contributed by atoms with E-state index in [0.29, 0.717) is 43.4 Å². The first-order valence-corrected chi connectivity index (χ1v) is 9.19. The topological polar surface area (TPSA) is 68.3 Å². The molecule has 0 spiro atoms. The summed E-state index contributed by atoms with van der Waals surface area (Å²) in [6, 6.07) is 11.2. The highest BCUT2D eigenvalue weighted by molar-refractivity contribution is 5.92. The molecular formula is C21H23FN2O5. The largest absolute Gasteiger partial charge is 0.497 e. The molecule has 1 heterocycles. The number of piperazine rings is 1. The van der Waals surface area contributed by atoms with Crippen LogP contribution in [0.5, 0.6) is 11.5 Å². The lowest BCUT2D eigenvalue weighted by molar-refractivity contribution is -0.134. The van der Waals surface area contributed by atoms with E-state index in [-0.39, 0.29) is 23.9 Å². The van der Waals surface area contributed by atoms with Crippen LogP contribution in [0.25, 0.3) is 0 Å². The van der Waals surface area contributed by atoms with Crippen molar-refractivity contribution in [1.82, 2.24) is 4.90 Å². The number of halogens is 1. The van der Waals surface area contributed by atoms with Gasteiger partial charge in [-0.05, 0) is 24.3 Å². The summed E-state index contributed by atoms with van der Waals surface area (Å²) in [6.45, 7) is 1.51. The molecule has 154 valence electrons. The summed E-state index contributed by atoms with van der Waals surface area (Å²) in [5.74, 6) is -0.310. The van der Waals surface area contributed by atoms with Crippen molar-refractivity contribution in [3.05, 3.63) is 53.8 Å². The fourth-order valence-corrected chi connectivity index (χ4v) is 3.13. The lowest BCUT2D eigenvalue weighted by Gasteiger charge is -2.36. The van der Waals surface area contributed by atoms with Crippen molar-refractivity contribution in [2.75, 3.05) is 51.9 Å². The first kappa shape index (κ1) is 20.4. The SMILES string of the molecule is COc1cc(OC)cc(C(=O)OCC(=O)N2CCN(c3ccccc3F)CC2)c1. The summed E-state index contributed by atoms with van der Waals surface area (Å²) in [4.78, 5) is 28.2. The molecule has 0 atom stereocenters. The first-order chi connectivity index (χ1) is 14.0. The van der Waals surface area contributed by atoms with Crippen LogP contribution in [0.15, 0.2) is 42.5 Å². The van der Waals surface area contributed by atoms with E-state index in [9.17, 15) is 14.0 Å². The zero-order valence-electron chi connectivity index (χ0n) is 16.4. The van der Waals surface area contributed by atoms with Crippen LogP contribution >= 0.6 is 0 Å². The molecule has 3 rings (SSSR count). The van der Waals surface area contributed by atoms with Crippen LogP contribution in [0.2, 0.25) is 0 Å². The Morgan fingerprint density at radius 3 is 2.17 bits per heavy atom. The van der Waals surface area contributed by atoms with E-state index >= 15 is 0 Å². The maximum atomic E-state index is 13.9. The molecule has 1 fully saturated rings. The second-order valence-corrected chi connectivity index (χ2v) is 6.50. The summed E-state index contributed by atoms with van der Waals surface area (Å²) < 4.78 is 29.3. The smallest absolute Gasteiger partial charge is 0.338 e. The van der Waals surface area contributed by atoms with Crippen LogP contribution in [0.1, 0.15) is 10.4 Å². The number of amides is 1. The summed E-state index contributed by atoms with van der Waals surface area (Å²) in [5.41, 5.74) is 0.761. The number of esters is 1. The van der Waals surface area contributed by atoms with Gasteiger partial charge in [0.05, 0.1) is 25.5 Å². The van der Waals surface area contributed by atoms with Crippen LogP contribution in [-0.4, -0.2) is 63.8 Å². The van der Waals surface area contributed by atoms with Crippen LogP contribution in [-0.2, 0) is 9.53 Å². The zero-order chi connectivity index (χ0) is 20.8. The van der Waals surface area contributed by atoms with E-state index in [2.05, 4.69) is 0 Å². The Balaban J connectivity index is 1.53. The first-order valence-electron chi connectivity index (χ1n) is 9.19. The van der Waals surface area contributed by atoms with E-state index < -0.39 is 5.97 Å². The van der Waals surface area contributed by atoms with Crippen molar-refractivity contribution < 1.29 is 28.2 Å². The molecule has 1 aliphatic heterocycles. The van der Waals surface area contributed by atoms with Gasteiger partial charge in [0, 0.05) is 32.2 Å². The number of nitrogens with zero attached hydrogens (tertiary/aromatic N) is 2. The normalized spacial score (nSPS) is 13.8. The third kappa shape index (κ3) is 4.96. The summed E-state index contributed by atoms with van der Waals surface area (Å²) >= 11 is 0. The molecule has 2 aromatic rings. The number of benzene rings is 2. The Labute approximate surface area is 168 Å². The van der Waals surface area contributed by atoms with Crippen molar-refractivity contribution in [3.8, 4) is 11.5 Å². The maximum Gasteiger partial charge on any atom is 0.338 e. The van der Waals surface area contributed by atoms with Gasteiger partial charge in [-0.3, -0.25) is 4.79 Å². The minimum absolute atomic E-state index is 0.235. The van der Waals surface area contributed by atoms with Gasteiger partial charge in [0.25, 0.3) is 5.91 Å². The van der Waals surface area contributed by atoms with Gasteiger partial charge in [-0.25, -0.2) is 9.18 Å². The second-order valence-electron chi connectivity index (χ2n) is 6.50. The molecule has 0 unspecified atom stereocenters. The van der Waals surface area contributed by atoms with E-state index in [1.165, 1.54) is 32.4 Å². The average molecular weight is 402 g/mol. The highest BCUT2D eigenvalue weighted by atomic mass is 19.1. The molecule has 2 aromatic carbocycles. The van der Waals surface area contributed by atoms with Gasteiger partial charge in [0.2, 0.25) is 0 Å². The quantitative estimate of drug-likeness (QED) is 0.691. The average Bonchev–Trinajstić information content (AvgIpc) is 2.77. The van der Waals surface area contributed by atoms with E-state index in [4.69, 9.17) is 14.2 Å². The minimum atomic E-state index is -0.638. The number of hydrogen-bond acceptors (Lipinski definition) is 6. The second kappa shape index (κ2) is 9.27. The summed E-state index contributed by atoms with van der Waals surface area (Å²) in [6.07, 6.45) is 0. The van der Waals surface area contributed by atoms with Crippen LogP contribution in [0.3, 0.4) is 0 Å². The van der Waals surface area contributed by atoms with Crippen LogP contribution in [0, 0.1) is 5.82 Å². The van der Waals surface area contributed by atoms with Gasteiger partial charge in [-0.15, -0.1) is 0 Å². The fraction of sp³-hybridized carbons (Fsp3) is 0.333. The van der Waals surface area contributed by atoms with Crippen molar-refractivity contribution >= 4 is 17.6 Å². The standard InChI is InChI=1S/C21H23FN2O5/c1-27-16-11-15(12-17(13-16)28-2)21(26)29-14-20(25)24-9-7-23(8-10-24)19-6-4-3-5-18(19)22/h3-6,11-13H,7-10,14H2,1-2H3. The molecular weight excluding hydrogens is 379 g/mol. The molecule has 0 radical (unpaired) electrons. The fourth-order valence-electron chi connectivity index (χ4n) is 3.13. The molecule has 0 bridgehead atoms. The third-order valence-electron chi connectivity index (χ3n) is 4.74. The number of ether oxygens (including phenoxy) is 3. The zero-order valence-corrected chi connectivity index (χ0v) is 16.4. The lowest BCUT2D eigenvalue weighted by atomic mass is 10.2. The van der Waals surface area contributed by atoms with Gasteiger partial charge in [0.15, 0.2) is 6.61 Å². The monoisotopic (exact) mass is 402 g/mol. The highest BCUT2D eigenvalue weighted by Gasteiger charge is 2.23. The maximum absolute atomic E-state index is 13.9. The predicted molar refractivity (Wildman–Crippen MR) is 105 cm³/mol. The molecule has 1 aliphatic rings. The van der Waals surface area contributed by atoms with E-state index in [0.717, 1.165) is 0 Å². The third-order valence-corrected chi connectivity index (χ3v) is 4.74. The number of methoxy groups -OCH3 is 2. The summed E-state index contributed by atoms with van der Waals surface area (Å²) in [7, 11) is 2.96. The van der Waals surface area contributed by atoms with Crippen molar-refractivity contribution in [3.63, 3.8) is 0 Å². The number of carbonyl (C=O) groups excluding carboxylic acids is 2. The van der Waals surface area contributed by atoms with Gasteiger partial charge >= 0.3 is 5.97 Å². The van der Waals surface area contributed by atoms with Gasteiger partial charge in [-0.2, -0.15) is 0 Å². The van der Waals surface area contributed by atoms with Crippen molar-refractivity contribution in [1.29, 1.82) is 0 Å². The number of carbonyl (C=O) groups is 2. The van der Waals surface area contributed by atoms with Crippen LogP contribution < -0.4 is 14.4 Å². The lowest BCUT2D eigenvalue weighted by Crippen LogP contribution is -2.50. The number of hydrogen-bond donors (Lipinski definition) is 0. The number of para-hydroxylation sites is 1. The van der Waals surface area contributed by atoms with Gasteiger partial charge in [0.1, 0.15) is 17.3 Å². The van der Waals surface area contributed by atoms with E-state index in [1.54, 1.807) is 29.2 Å². The van der Waals surface area contributed by atoms with Crippen molar-refractivity contribution in [2.24, 2.45) is 0 Å².